The number of aromatic nitrogens is 1. The molecule has 0 unspecified atom stereocenters. The number of carbonyl (C=O) groups is 2. The first-order chi connectivity index (χ1) is 16.5. The van der Waals surface area contributed by atoms with Crippen LogP contribution in [0, 0.1) is 0 Å². The minimum absolute atomic E-state index is 0.00587. The van der Waals surface area contributed by atoms with E-state index in [4.69, 9.17) is 9.47 Å². The van der Waals surface area contributed by atoms with E-state index in [9.17, 15) is 9.59 Å². The number of hydrogen-bond donors (Lipinski definition) is 2. The predicted molar refractivity (Wildman–Crippen MR) is 136 cm³/mol. The first-order valence-corrected chi connectivity index (χ1v) is 12.0. The summed E-state index contributed by atoms with van der Waals surface area (Å²) in [4.78, 5) is 27.8. The minimum atomic E-state index is -0.261. The molecule has 0 radical (unpaired) electrons. The summed E-state index contributed by atoms with van der Waals surface area (Å²) in [5.74, 6) is 1.02. The van der Waals surface area contributed by atoms with E-state index in [1.807, 2.05) is 42.6 Å². The van der Waals surface area contributed by atoms with Gasteiger partial charge >= 0.3 is 0 Å². The topological polar surface area (TPSA) is 89.5 Å². The van der Waals surface area contributed by atoms with Gasteiger partial charge in [-0.15, -0.1) is 11.3 Å². The number of hydrogen-bond acceptors (Lipinski definition) is 6. The summed E-state index contributed by atoms with van der Waals surface area (Å²) in [5, 5.41) is 8.07. The van der Waals surface area contributed by atoms with Crippen molar-refractivity contribution in [3.05, 3.63) is 65.0 Å². The molecular weight excluding hydrogens is 450 g/mol. The maximum absolute atomic E-state index is 12.4. The van der Waals surface area contributed by atoms with E-state index in [0.717, 1.165) is 29.7 Å². The summed E-state index contributed by atoms with van der Waals surface area (Å²) in [5.41, 5.74) is 3.83. The molecule has 0 aliphatic rings. The number of aryl methyl sites for hydroxylation is 1. The van der Waals surface area contributed by atoms with Crippen molar-refractivity contribution in [2.75, 3.05) is 25.6 Å². The molecule has 0 aliphatic carbocycles. The van der Waals surface area contributed by atoms with Crippen molar-refractivity contribution in [2.24, 2.45) is 0 Å². The molecule has 3 aromatic rings. The second-order valence-corrected chi connectivity index (χ2v) is 8.35. The number of amides is 2. The van der Waals surface area contributed by atoms with E-state index >= 15 is 0 Å². The lowest BCUT2D eigenvalue weighted by molar-refractivity contribution is -0.119. The Balaban J connectivity index is 1.55. The summed E-state index contributed by atoms with van der Waals surface area (Å²) in [6.45, 7) is 4.66. The molecule has 0 atom stereocenters. The lowest BCUT2D eigenvalue weighted by Gasteiger charge is -2.09. The highest BCUT2D eigenvalue weighted by Gasteiger charge is 2.08. The molecule has 178 valence electrons. The molecule has 0 aliphatic heterocycles. The van der Waals surface area contributed by atoms with E-state index in [1.165, 1.54) is 29.9 Å². The van der Waals surface area contributed by atoms with Crippen LogP contribution in [0.25, 0.3) is 17.3 Å². The Morgan fingerprint density at radius 3 is 2.62 bits per heavy atom. The Labute approximate surface area is 203 Å². The number of carbonyl (C=O) groups excluding carboxylic acids is 2. The number of nitrogens with zero attached hydrogens (tertiary/aromatic N) is 1. The molecule has 3 rings (SSSR count). The largest absolute Gasteiger partial charge is 0.493 e. The number of ether oxygens (including phenoxy) is 2. The van der Waals surface area contributed by atoms with Crippen LogP contribution in [0.15, 0.2) is 53.9 Å². The van der Waals surface area contributed by atoms with Crippen molar-refractivity contribution in [2.45, 2.75) is 26.7 Å². The van der Waals surface area contributed by atoms with Gasteiger partial charge in [-0.3, -0.25) is 14.9 Å². The second kappa shape index (κ2) is 12.6. The van der Waals surface area contributed by atoms with Crippen molar-refractivity contribution in [3.63, 3.8) is 0 Å². The molecule has 0 fully saturated rings. The lowest BCUT2D eigenvalue weighted by Crippen LogP contribution is -2.21. The van der Waals surface area contributed by atoms with Crippen LogP contribution in [-0.4, -0.2) is 37.1 Å². The van der Waals surface area contributed by atoms with Crippen LogP contribution >= 0.6 is 11.3 Å². The van der Waals surface area contributed by atoms with Crippen molar-refractivity contribution in [3.8, 4) is 22.8 Å². The zero-order chi connectivity index (χ0) is 24.3. The predicted octanol–water partition coefficient (Wildman–Crippen LogP) is 4.94. The third-order valence-corrected chi connectivity index (χ3v) is 5.67. The van der Waals surface area contributed by atoms with Crippen molar-refractivity contribution >= 4 is 34.4 Å². The molecule has 2 aromatic carbocycles. The van der Waals surface area contributed by atoms with Crippen LogP contribution in [0.5, 0.6) is 11.5 Å². The molecule has 2 amide bonds. The van der Waals surface area contributed by atoms with Crippen LogP contribution in [0.4, 0.5) is 5.13 Å². The molecule has 0 spiro atoms. The van der Waals surface area contributed by atoms with Gasteiger partial charge in [0.15, 0.2) is 16.6 Å². The van der Waals surface area contributed by atoms with Gasteiger partial charge in [-0.2, -0.15) is 0 Å². The average Bonchev–Trinajstić information content (AvgIpc) is 3.30. The first kappa shape index (κ1) is 25.0. The van der Waals surface area contributed by atoms with Crippen LogP contribution < -0.4 is 20.1 Å². The summed E-state index contributed by atoms with van der Waals surface area (Å²) in [7, 11) is 1.58. The fraction of sp³-hybridized carbons (Fsp3) is 0.269. The van der Waals surface area contributed by atoms with Gasteiger partial charge in [0.2, 0.25) is 11.8 Å². The zero-order valence-electron chi connectivity index (χ0n) is 19.6. The van der Waals surface area contributed by atoms with E-state index in [2.05, 4.69) is 27.8 Å². The average molecular weight is 480 g/mol. The number of rotatable bonds is 11. The molecule has 7 nitrogen and oxygen atoms in total. The van der Waals surface area contributed by atoms with E-state index in [-0.39, 0.29) is 11.8 Å². The fourth-order valence-electron chi connectivity index (χ4n) is 3.24. The molecule has 0 saturated carbocycles. The molecular formula is C26H29N3O4S. The molecule has 0 bridgehead atoms. The maximum atomic E-state index is 12.4. The lowest BCUT2D eigenvalue weighted by atomic mass is 10.1. The quantitative estimate of drug-likeness (QED) is 0.300. The number of methoxy groups -OCH3 is 1. The Bertz CT molecular complexity index is 1140. The van der Waals surface area contributed by atoms with Crippen LogP contribution in [0.1, 0.15) is 31.4 Å². The Hall–Kier alpha value is -3.65. The number of anilines is 1. The third-order valence-electron chi connectivity index (χ3n) is 4.91. The minimum Gasteiger partial charge on any atom is -0.493 e. The Morgan fingerprint density at radius 1 is 1.12 bits per heavy atom. The number of nitrogens with one attached hydrogen (secondary N) is 2. The summed E-state index contributed by atoms with van der Waals surface area (Å²) >= 11 is 1.38. The Kier molecular flexibility index (Phi) is 9.22. The monoisotopic (exact) mass is 479 g/mol. The molecule has 1 aromatic heterocycles. The smallest absolute Gasteiger partial charge is 0.250 e. The summed E-state index contributed by atoms with van der Waals surface area (Å²) in [6.07, 6.45) is 4.97. The van der Waals surface area contributed by atoms with Crippen molar-refractivity contribution in [1.29, 1.82) is 0 Å². The van der Waals surface area contributed by atoms with Gasteiger partial charge in [-0.05, 0) is 49.1 Å². The molecule has 2 N–H and O–H groups in total. The van der Waals surface area contributed by atoms with Crippen molar-refractivity contribution in [1.82, 2.24) is 10.3 Å². The van der Waals surface area contributed by atoms with Gasteiger partial charge in [-0.1, -0.05) is 30.3 Å². The SMILES string of the molecule is CCOc1ccc(/C=C/C(=O)Nc2nc(-c3ccc(CCCNC(C)=O)cc3)cs2)cc1OC. The van der Waals surface area contributed by atoms with E-state index in [0.29, 0.717) is 29.8 Å². The Morgan fingerprint density at radius 2 is 1.91 bits per heavy atom. The van der Waals surface area contributed by atoms with Crippen molar-refractivity contribution < 1.29 is 19.1 Å². The van der Waals surface area contributed by atoms with Crippen LogP contribution in [0.3, 0.4) is 0 Å². The highest BCUT2D eigenvalue weighted by molar-refractivity contribution is 7.14. The summed E-state index contributed by atoms with van der Waals surface area (Å²) in [6, 6.07) is 13.7. The molecule has 34 heavy (non-hydrogen) atoms. The normalized spacial score (nSPS) is 10.8. The van der Waals surface area contributed by atoms with Gasteiger partial charge in [0.25, 0.3) is 0 Å². The van der Waals surface area contributed by atoms with Gasteiger partial charge < -0.3 is 14.8 Å². The van der Waals surface area contributed by atoms with Gasteiger partial charge in [-0.25, -0.2) is 4.98 Å². The van der Waals surface area contributed by atoms with E-state index in [1.54, 1.807) is 13.2 Å². The van der Waals surface area contributed by atoms with Gasteiger partial charge in [0.1, 0.15) is 0 Å². The molecule has 1 heterocycles. The van der Waals surface area contributed by atoms with Crippen LogP contribution in [-0.2, 0) is 16.0 Å². The highest BCUT2D eigenvalue weighted by atomic mass is 32.1. The number of benzene rings is 2. The molecule has 8 heteroatoms. The van der Waals surface area contributed by atoms with Crippen LogP contribution in [0.2, 0.25) is 0 Å². The maximum Gasteiger partial charge on any atom is 0.250 e. The second-order valence-electron chi connectivity index (χ2n) is 7.49. The summed E-state index contributed by atoms with van der Waals surface area (Å²) < 4.78 is 10.9. The zero-order valence-corrected chi connectivity index (χ0v) is 20.4. The van der Waals surface area contributed by atoms with E-state index < -0.39 is 0 Å². The van der Waals surface area contributed by atoms with Gasteiger partial charge in [0, 0.05) is 30.5 Å². The molecule has 0 saturated heterocycles. The standard InChI is InChI=1S/C26H29N3O4S/c1-4-33-23-13-9-20(16-24(23)32-3)10-14-25(31)29-26-28-22(17-34-26)21-11-7-19(8-12-21)6-5-15-27-18(2)30/h7-14,16-17H,4-6,15H2,1-3H3,(H,27,30)(H,28,29,31)/b14-10+. The number of thiazole rings is 1. The first-order valence-electron chi connectivity index (χ1n) is 11.1. The van der Waals surface area contributed by atoms with Gasteiger partial charge in [0.05, 0.1) is 19.4 Å². The highest BCUT2D eigenvalue weighted by Crippen LogP contribution is 2.29. The third kappa shape index (κ3) is 7.45. The fourth-order valence-corrected chi connectivity index (χ4v) is 3.97.